The SMILES string of the molecule is CCC(C)NC(=O)C(CC)N(Cc1ccc(Cl)cc1Cl)C(=O)Cc1ccc(Cl)cc1Cl. The molecule has 2 rings (SSSR count). The predicted octanol–water partition coefficient (Wildman–Crippen LogP) is 6.56. The van der Waals surface area contributed by atoms with Gasteiger partial charge in [-0.2, -0.15) is 0 Å². The van der Waals surface area contributed by atoms with Gasteiger partial charge in [0.1, 0.15) is 6.04 Å². The standard InChI is InChI=1S/C23H26Cl4N2O2/c1-4-14(3)28-23(31)21(5-2)29(13-16-7-9-18(25)12-20(16)27)22(30)10-15-6-8-17(24)11-19(15)26/h6-9,11-12,14,21H,4-5,10,13H2,1-3H3,(H,28,31). The van der Waals surface area contributed by atoms with E-state index in [0.717, 1.165) is 6.42 Å². The smallest absolute Gasteiger partial charge is 0.243 e. The minimum absolute atomic E-state index is 0.00308. The lowest BCUT2D eigenvalue weighted by Crippen LogP contribution is -2.51. The molecule has 4 nitrogen and oxygen atoms in total. The first kappa shape index (κ1) is 25.8. The fourth-order valence-corrected chi connectivity index (χ4v) is 4.07. The number of hydrogen-bond acceptors (Lipinski definition) is 2. The highest BCUT2D eigenvalue weighted by molar-refractivity contribution is 6.35. The lowest BCUT2D eigenvalue weighted by molar-refractivity contribution is -0.141. The molecule has 0 fully saturated rings. The van der Waals surface area contributed by atoms with Crippen molar-refractivity contribution >= 4 is 58.2 Å². The monoisotopic (exact) mass is 502 g/mol. The van der Waals surface area contributed by atoms with Crippen molar-refractivity contribution in [3.63, 3.8) is 0 Å². The first-order valence-corrected chi connectivity index (χ1v) is 11.6. The van der Waals surface area contributed by atoms with Crippen molar-refractivity contribution in [3.05, 3.63) is 67.6 Å². The molecule has 0 aliphatic heterocycles. The maximum Gasteiger partial charge on any atom is 0.243 e. The Kier molecular flexibility index (Phi) is 9.95. The van der Waals surface area contributed by atoms with Gasteiger partial charge in [-0.05, 0) is 55.2 Å². The van der Waals surface area contributed by atoms with Crippen LogP contribution in [0.4, 0.5) is 0 Å². The van der Waals surface area contributed by atoms with Crippen LogP contribution in [0.15, 0.2) is 36.4 Å². The van der Waals surface area contributed by atoms with Crippen molar-refractivity contribution < 1.29 is 9.59 Å². The van der Waals surface area contributed by atoms with E-state index in [1.807, 2.05) is 20.8 Å². The molecule has 2 atom stereocenters. The Bertz CT molecular complexity index is 936. The van der Waals surface area contributed by atoms with Crippen LogP contribution < -0.4 is 5.32 Å². The normalized spacial score (nSPS) is 12.9. The maximum atomic E-state index is 13.4. The number of carbonyl (C=O) groups is 2. The molecular weight excluding hydrogens is 478 g/mol. The number of hydrogen-bond donors (Lipinski definition) is 1. The second-order valence-electron chi connectivity index (χ2n) is 7.41. The second kappa shape index (κ2) is 12.0. The largest absolute Gasteiger partial charge is 0.352 e. The molecule has 2 aromatic rings. The molecule has 0 saturated carbocycles. The Hall–Kier alpha value is -1.46. The van der Waals surface area contributed by atoms with Gasteiger partial charge in [-0.3, -0.25) is 9.59 Å². The summed E-state index contributed by atoms with van der Waals surface area (Å²) in [6.07, 6.45) is 1.28. The molecule has 168 valence electrons. The Morgan fingerprint density at radius 1 is 0.903 bits per heavy atom. The Morgan fingerprint density at radius 3 is 1.94 bits per heavy atom. The average Bonchev–Trinajstić information content (AvgIpc) is 2.71. The van der Waals surface area contributed by atoms with Gasteiger partial charge >= 0.3 is 0 Å². The van der Waals surface area contributed by atoms with Gasteiger partial charge < -0.3 is 10.2 Å². The molecule has 2 amide bonds. The Labute approximate surface area is 203 Å². The molecule has 0 radical (unpaired) electrons. The molecule has 31 heavy (non-hydrogen) atoms. The summed E-state index contributed by atoms with van der Waals surface area (Å²) in [6.45, 7) is 5.97. The summed E-state index contributed by atoms with van der Waals surface area (Å²) in [5, 5.41) is 4.81. The van der Waals surface area contributed by atoms with Crippen molar-refractivity contribution in [1.29, 1.82) is 0 Å². The van der Waals surface area contributed by atoms with Crippen molar-refractivity contribution in [1.82, 2.24) is 10.2 Å². The lowest BCUT2D eigenvalue weighted by Gasteiger charge is -2.32. The van der Waals surface area contributed by atoms with Crippen LogP contribution in [0.2, 0.25) is 20.1 Å². The van der Waals surface area contributed by atoms with Gasteiger partial charge in [-0.1, -0.05) is 72.4 Å². The highest BCUT2D eigenvalue weighted by Crippen LogP contribution is 2.26. The minimum atomic E-state index is -0.653. The number of amides is 2. The van der Waals surface area contributed by atoms with Gasteiger partial charge in [0.2, 0.25) is 11.8 Å². The first-order valence-electron chi connectivity index (χ1n) is 10.1. The molecule has 8 heteroatoms. The minimum Gasteiger partial charge on any atom is -0.352 e. The van der Waals surface area contributed by atoms with Crippen LogP contribution in [0.5, 0.6) is 0 Å². The van der Waals surface area contributed by atoms with Crippen LogP contribution in [-0.4, -0.2) is 28.8 Å². The van der Waals surface area contributed by atoms with Crippen molar-refractivity contribution in [2.24, 2.45) is 0 Å². The molecular formula is C23H26Cl4N2O2. The number of benzene rings is 2. The number of nitrogens with zero attached hydrogens (tertiary/aromatic N) is 1. The third kappa shape index (κ3) is 7.28. The van der Waals surface area contributed by atoms with E-state index in [2.05, 4.69) is 5.32 Å². The van der Waals surface area contributed by atoms with Gasteiger partial charge in [0.25, 0.3) is 0 Å². The zero-order chi connectivity index (χ0) is 23.1. The first-order chi connectivity index (χ1) is 14.7. The van der Waals surface area contributed by atoms with Gasteiger partial charge in [0, 0.05) is 32.7 Å². The van der Waals surface area contributed by atoms with E-state index in [-0.39, 0.29) is 30.8 Å². The summed E-state index contributed by atoms with van der Waals surface area (Å²) in [5.41, 5.74) is 1.34. The van der Waals surface area contributed by atoms with Gasteiger partial charge in [0.05, 0.1) is 6.42 Å². The van der Waals surface area contributed by atoms with E-state index >= 15 is 0 Å². The Morgan fingerprint density at radius 2 is 1.45 bits per heavy atom. The summed E-state index contributed by atoms with van der Waals surface area (Å²) in [5.74, 6) is -0.432. The highest BCUT2D eigenvalue weighted by atomic mass is 35.5. The van der Waals surface area contributed by atoms with E-state index in [9.17, 15) is 9.59 Å². The topological polar surface area (TPSA) is 49.4 Å². The zero-order valence-electron chi connectivity index (χ0n) is 17.7. The molecule has 1 N–H and O–H groups in total. The van der Waals surface area contributed by atoms with E-state index in [4.69, 9.17) is 46.4 Å². The van der Waals surface area contributed by atoms with E-state index in [1.165, 1.54) is 0 Å². The van der Waals surface area contributed by atoms with Gasteiger partial charge in [-0.25, -0.2) is 0 Å². The molecule has 0 heterocycles. The maximum absolute atomic E-state index is 13.4. The predicted molar refractivity (Wildman–Crippen MR) is 129 cm³/mol. The third-order valence-electron chi connectivity index (χ3n) is 5.10. The Balaban J connectivity index is 2.37. The number of carbonyl (C=O) groups excluding carboxylic acids is 2. The average molecular weight is 504 g/mol. The van der Waals surface area contributed by atoms with Gasteiger partial charge in [0.15, 0.2) is 0 Å². The summed E-state index contributed by atoms with van der Waals surface area (Å²) >= 11 is 24.6. The van der Waals surface area contributed by atoms with Gasteiger partial charge in [-0.15, -0.1) is 0 Å². The van der Waals surface area contributed by atoms with Crippen molar-refractivity contribution in [2.75, 3.05) is 0 Å². The molecule has 0 aliphatic rings. The van der Waals surface area contributed by atoms with Crippen LogP contribution in [0.1, 0.15) is 44.7 Å². The number of nitrogens with one attached hydrogen (secondary N) is 1. The third-order valence-corrected chi connectivity index (χ3v) is 6.27. The lowest BCUT2D eigenvalue weighted by atomic mass is 10.1. The summed E-state index contributed by atoms with van der Waals surface area (Å²) < 4.78 is 0. The molecule has 0 bridgehead atoms. The highest BCUT2D eigenvalue weighted by Gasteiger charge is 2.30. The molecule has 0 aromatic heterocycles. The fraction of sp³-hybridized carbons (Fsp3) is 0.391. The quantitative estimate of drug-likeness (QED) is 0.421. The van der Waals surface area contributed by atoms with Crippen molar-refractivity contribution in [3.8, 4) is 0 Å². The number of rotatable bonds is 9. The van der Waals surface area contributed by atoms with E-state index in [1.54, 1.807) is 41.3 Å². The van der Waals surface area contributed by atoms with Crippen LogP contribution in [0.3, 0.4) is 0 Å². The molecule has 2 aromatic carbocycles. The second-order valence-corrected chi connectivity index (χ2v) is 9.10. The molecule has 0 aliphatic carbocycles. The van der Waals surface area contributed by atoms with Crippen LogP contribution in [-0.2, 0) is 22.6 Å². The summed E-state index contributed by atoms with van der Waals surface area (Å²) in [4.78, 5) is 27.9. The fourth-order valence-electron chi connectivity index (χ4n) is 3.12. The van der Waals surface area contributed by atoms with E-state index < -0.39 is 6.04 Å². The molecule has 0 saturated heterocycles. The summed E-state index contributed by atoms with van der Waals surface area (Å²) in [7, 11) is 0. The van der Waals surface area contributed by atoms with Crippen LogP contribution in [0, 0.1) is 0 Å². The van der Waals surface area contributed by atoms with Crippen LogP contribution >= 0.6 is 46.4 Å². The van der Waals surface area contributed by atoms with E-state index in [0.29, 0.717) is 37.6 Å². The number of halogens is 4. The summed E-state index contributed by atoms with van der Waals surface area (Å²) in [6, 6.07) is 9.44. The molecule has 0 spiro atoms. The zero-order valence-corrected chi connectivity index (χ0v) is 20.7. The van der Waals surface area contributed by atoms with Crippen molar-refractivity contribution in [2.45, 2.75) is 58.7 Å². The van der Waals surface area contributed by atoms with Crippen LogP contribution in [0.25, 0.3) is 0 Å². The molecule has 2 unspecified atom stereocenters.